The van der Waals surface area contributed by atoms with Crippen molar-refractivity contribution in [2.45, 2.75) is 20.8 Å². The SMILES string of the molecule is COc1cc(C)nc2c(C)c(C)ccc12. The van der Waals surface area contributed by atoms with Gasteiger partial charge in [-0.15, -0.1) is 0 Å². The largest absolute Gasteiger partial charge is 0.496 e. The molecule has 0 aliphatic rings. The van der Waals surface area contributed by atoms with Crippen LogP contribution >= 0.6 is 0 Å². The molecule has 1 aromatic carbocycles. The summed E-state index contributed by atoms with van der Waals surface area (Å²) < 4.78 is 5.36. The number of benzene rings is 1. The zero-order chi connectivity index (χ0) is 11.0. The van der Waals surface area contributed by atoms with Gasteiger partial charge in [-0.2, -0.15) is 0 Å². The molecular formula is C13H15NO. The van der Waals surface area contributed by atoms with Crippen LogP contribution in [0.2, 0.25) is 0 Å². The monoisotopic (exact) mass is 201 g/mol. The van der Waals surface area contributed by atoms with Crippen molar-refractivity contribution in [1.29, 1.82) is 0 Å². The number of pyridine rings is 1. The lowest BCUT2D eigenvalue weighted by Crippen LogP contribution is -1.93. The van der Waals surface area contributed by atoms with Gasteiger partial charge in [-0.3, -0.25) is 4.98 Å². The van der Waals surface area contributed by atoms with Gasteiger partial charge < -0.3 is 4.74 Å². The summed E-state index contributed by atoms with van der Waals surface area (Å²) in [4.78, 5) is 4.56. The van der Waals surface area contributed by atoms with Crippen molar-refractivity contribution in [1.82, 2.24) is 4.98 Å². The highest BCUT2D eigenvalue weighted by Gasteiger charge is 2.07. The molecule has 2 rings (SSSR count). The Bertz CT molecular complexity index is 517. The molecule has 2 heteroatoms. The third-order valence-electron chi connectivity index (χ3n) is 2.82. The Balaban J connectivity index is 2.89. The molecule has 0 aliphatic heterocycles. The van der Waals surface area contributed by atoms with Gasteiger partial charge in [0.15, 0.2) is 0 Å². The maximum absolute atomic E-state index is 5.36. The van der Waals surface area contributed by atoms with Gasteiger partial charge in [0.25, 0.3) is 0 Å². The molecule has 0 aliphatic carbocycles. The van der Waals surface area contributed by atoms with Crippen molar-refractivity contribution in [3.05, 3.63) is 35.0 Å². The van der Waals surface area contributed by atoms with Crippen molar-refractivity contribution in [3.63, 3.8) is 0 Å². The van der Waals surface area contributed by atoms with E-state index in [0.717, 1.165) is 22.3 Å². The highest BCUT2D eigenvalue weighted by Crippen LogP contribution is 2.28. The highest BCUT2D eigenvalue weighted by molar-refractivity contribution is 5.88. The Labute approximate surface area is 89.9 Å². The summed E-state index contributed by atoms with van der Waals surface area (Å²) in [6.07, 6.45) is 0. The topological polar surface area (TPSA) is 22.1 Å². The maximum Gasteiger partial charge on any atom is 0.130 e. The van der Waals surface area contributed by atoms with Gasteiger partial charge in [0.05, 0.1) is 12.6 Å². The van der Waals surface area contributed by atoms with Gasteiger partial charge in [-0.25, -0.2) is 0 Å². The molecule has 1 heterocycles. The summed E-state index contributed by atoms with van der Waals surface area (Å²) in [5.74, 6) is 0.903. The predicted molar refractivity (Wildman–Crippen MR) is 62.5 cm³/mol. The van der Waals surface area contributed by atoms with Crippen LogP contribution in [0.1, 0.15) is 16.8 Å². The number of nitrogens with zero attached hydrogens (tertiary/aromatic N) is 1. The first-order valence-corrected chi connectivity index (χ1v) is 5.05. The molecule has 78 valence electrons. The first kappa shape index (κ1) is 9.97. The third kappa shape index (κ3) is 1.56. The predicted octanol–water partition coefficient (Wildman–Crippen LogP) is 3.17. The quantitative estimate of drug-likeness (QED) is 0.707. The van der Waals surface area contributed by atoms with E-state index >= 15 is 0 Å². The van der Waals surface area contributed by atoms with E-state index in [1.165, 1.54) is 11.1 Å². The lowest BCUT2D eigenvalue weighted by atomic mass is 10.0. The molecule has 0 spiro atoms. The Morgan fingerprint density at radius 2 is 1.87 bits per heavy atom. The molecule has 1 aromatic heterocycles. The van der Waals surface area contributed by atoms with Crippen LogP contribution in [0.25, 0.3) is 10.9 Å². The molecule has 2 aromatic rings. The summed E-state index contributed by atoms with van der Waals surface area (Å²) in [6.45, 7) is 6.19. The average molecular weight is 201 g/mol. The smallest absolute Gasteiger partial charge is 0.130 e. The number of ether oxygens (including phenoxy) is 1. The second-order valence-corrected chi connectivity index (χ2v) is 3.87. The van der Waals surface area contributed by atoms with Crippen molar-refractivity contribution in [2.24, 2.45) is 0 Å². The number of aryl methyl sites for hydroxylation is 3. The van der Waals surface area contributed by atoms with E-state index in [0.29, 0.717) is 0 Å². The standard InChI is InChI=1S/C13H15NO/c1-8-5-6-11-12(15-4)7-9(2)14-13(11)10(8)3/h5-7H,1-4H3. The van der Waals surface area contributed by atoms with E-state index in [1.54, 1.807) is 7.11 Å². The van der Waals surface area contributed by atoms with Crippen LogP contribution in [0, 0.1) is 20.8 Å². The van der Waals surface area contributed by atoms with E-state index in [9.17, 15) is 0 Å². The molecule has 0 radical (unpaired) electrons. The summed E-state index contributed by atoms with van der Waals surface area (Å²) >= 11 is 0. The summed E-state index contributed by atoms with van der Waals surface area (Å²) in [5.41, 5.74) is 4.54. The zero-order valence-corrected chi connectivity index (χ0v) is 9.59. The zero-order valence-electron chi connectivity index (χ0n) is 9.59. The molecule has 0 N–H and O–H groups in total. The number of hydrogen-bond donors (Lipinski definition) is 0. The minimum Gasteiger partial charge on any atom is -0.496 e. The Morgan fingerprint density at radius 3 is 2.53 bits per heavy atom. The number of methoxy groups -OCH3 is 1. The maximum atomic E-state index is 5.36. The van der Waals surface area contributed by atoms with Crippen LogP contribution in [0.4, 0.5) is 0 Å². The van der Waals surface area contributed by atoms with Gasteiger partial charge in [-0.05, 0) is 38.0 Å². The Morgan fingerprint density at radius 1 is 1.13 bits per heavy atom. The first-order chi connectivity index (χ1) is 7.13. The fourth-order valence-corrected chi connectivity index (χ4v) is 1.79. The van der Waals surface area contributed by atoms with E-state index in [2.05, 4.69) is 31.0 Å². The molecule has 0 saturated heterocycles. The number of aromatic nitrogens is 1. The number of rotatable bonds is 1. The first-order valence-electron chi connectivity index (χ1n) is 5.05. The van der Waals surface area contributed by atoms with Gasteiger partial charge >= 0.3 is 0 Å². The van der Waals surface area contributed by atoms with Crippen molar-refractivity contribution in [2.75, 3.05) is 7.11 Å². The van der Waals surface area contributed by atoms with E-state index < -0.39 is 0 Å². The van der Waals surface area contributed by atoms with E-state index in [1.807, 2.05) is 13.0 Å². The highest BCUT2D eigenvalue weighted by atomic mass is 16.5. The number of fused-ring (bicyclic) bond motifs is 1. The summed E-state index contributed by atoms with van der Waals surface area (Å²) in [5, 5.41) is 1.09. The van der Waals surface area contributed by atoms with Crippen LogP contribution in [0.5, 0.6) is 5.75 Å². The number of hydrogen-bond acceptors (Lipinski definition) is 2. The van der Waals surface area contributed by atoms with Crippen LogP contribution in [-0.2, 0) is 0 Å². The molecule has 0 atom stereocenters. The molecular weight excluding hydrogens is 186 g/mol. The Hall–Kier alpha value is -1.57. The summed E-state index contributed by atoms with van der Waals surface area (Å²) in [7, 11) is 1.70. The molecule has 2 nitrogen and oxygen atoms in total. The minimum absolute atomic E-state index is 0.903. The van der Waals surface area contributed by atoms with Crippen LogP contribution < -0.4 is 4.74 Å². The fraction of sp³-hybridized carbons (Fsp3) is 0.308. The van der Waals surface area contributed by atoms with E-state index in [4.69, 9.17) is 4.74 Å². The van der Waals surface area contributed by atoms with Crippen molar-refractivity contribution >= 4 is 10.9 Å². The Kier molecular flexibility index (Phi) is 2.35. The van der Waals surface area contributed by atoms with Crippen LogP contribution in [0.15, 0.2) is 18.2 Å². The van der Waals surface area contributed by atoms with Gasteiger partial charge in [-0.1, -0.05) is 6.07 Å². The lowest BCUT2D eigenvalue weighted by molar-refractivity contribution is 0.419. The van der Waals surface area contributed by atoms with Crippen molar-refractivity contribution < 1.29 is 4.74 Å². The molecule has 0 fully saturated rings. The molecule has 15 heavy (non-hydrogen) atoms. The molecule has 0 unspecified atom stereocenters. The normalized spacial score (nSPS) is 10.7. The van der Waals surface area contributed by atoms with E-state index in [-0.39, 0.29) is 0 Å². The second-order valence-electron chi connectivity index (χ2n) is 3.87. The average Bonchev–Trinajstić information content (AvgIpc) is 2.23. The van der Waals surface area contributed by atoms with Gasteiger partial charge in [0.1, 0.15) is 5.75 Å². The van der Waals surface area contributed by atoms with Gasteiger partial charge in [0, 0.05) is 17.1 Å². The molecule has 0 saturated carbocycles. The minimum atomic E-state index is 0.903. The lowest BCUT2D eigenvalue weighted by Gasteiger charge is -2.09. The molecule has 0 amide bonds. The van der Waals surface area contributed by atoms with Crippen LogP contribution in [0.3, 0.4) is 0 Å². The summed E-state index contributed by atoms with van der Waals surface area (Å²) in [6, 6.07) is 6.15. The van der Waals surface area contributed by atoms with Crippen molar-refractivity contribution in [3.8, 4) is 5.75 Å². The molecule has 0 bridgehead atoms. The fourth-order valence-electron chi connectivity index (χ4n) is 1.79. The third-order valence-corrected chi connectivity index (χ3v) is 2.82. The van der Waals surface area contributed by atoms with Crippen LogP contribution in [-0.4, -0.2) is 12.1 Å². The second kappa shape index (κ2) is 3.54. The van der Waals surface area contributed by atoms with Gasteiger partial charge in [0.2, 0.25) is 0 Å².